The highest BCUT2D eigenvalue weighted by atomic mass is 16.5. The van der Waals surface area contributed by atoms with E-state index in [9.17, 15) is 4.79 Å². The molecule has 98 valence electrons. The van der Waals surface area contributed by atoms with Gasteiger partial charge < -0.3 is 15.6 Å². The number of aryl methyl sites for hydroxylation is 1. The number of nitrogen functional groups attached to an aromatic ring is 1. The summed E-state index contributed by atoms with van der Waals surface area (Å²) in [6.45, 7) is 2.19. The van der Waals surface area contributed by atoms with Gasteiger partial charge in [0.05, 0.1) is 11.3 Å². The van der Waals surface area contributed by atoms with E-state index in [2.05, 4.69) is 0 Å². The van der Waals surface area contributed by atoms with Crippen LogP contribution in [0.4, 0.5) is 5.69 Å². The van der Waals surface area contributed by atoms with Crippen molar-refractivity contribution in [1.82, 2.24) is 0 Å². The summed E-state index contributed by atoms with van der Waals surface area (Å²) in [6.07, 6.45) is 0. The van der Waals surface area contributed by atoms with Crippen LogP contribution in [0.1, 0.15) is 21.5 Å². The van der Waals surface area contributed by atoms with Crippen LogP contribution in [0, 0.1) is 6.92 Å². The maximum absolute atomic E-state index is 11.0. The lowest BCUT2D eigenvalue weighted by molar-refractivity contribution is 0.0697. The van der Waals surface area contributed by atoms with Crippen molar-refractivity contribution in [1.29, 1.82) is 0 Å². The molecule has 0 aliphatic carbocycles. The number of rotatable bonds is 4. The summed E-state index contributed by atoms with van der Waals surface area (Å²) in [7, 11) is 0. The highest BCUT2D eigenvalue weighted by Gasteiger charge is 2.14. The van der Waals surface area contributed by atoms with Gasteiger partial charge in [0.25, 0.3) is 0 Å². The zero-order chi connectivity index (χ0) is 13.8. The van der Waals surface area contributed by atoms with Crippen LogP contribution in [-0.4, -0.2) is 11.1 Å². The van der Waals surface area contributed by atoms with Crippen LogP contribution < -0.4 is 10.5 Å². The quantitative estimate of drug-likeness (QED) is 0.826. The second-order valence-corrected chi connectivity index (χ2v) is 4.25. The highest BCUT2D eigenvalue weighted by molar-refractivity contribution is 5.95. The Bertz CT molecular complexity index is 594. The molecule has 0 radical (unpaired) electrons. The highest BCUT2D eigenvalue weighted by Crippen LogP contribution is 2.30. The minimum absolute atomic E-state index is 0.0636. The van der Waals surface area contributed by atoms with E-state index in [1.54, 1.807) is 6.07 Å². The van der Waals surface area contributed by atoms with Crippen molar-refractivity contribution in [2.75, 3.05) is 5.73 Å². The predicted octanol–water partition coefficient (Wildman–Crippen LogP) is 2.85. The second kappa shape index (κ2) is 5.44. The van der Waals surface area contributed by atoms with Gasteiger partial charge in [-0.15, -0.1) is 0 Å². The molecule has 0 bridgehead atoms. The third-order valence-corrected chi connectivity index (χ3v) is 2.85. The van der Waals surface area contributed by atoms with E-state index in [0.29, 0.717) is 12.4 Å². The molecular formula is C15H15NO3. The molecule has 0 spiro atoms. The number of benzene rings is 2. The zero-order valence-electron chi connectivity index (χ0n) is 10.6. The molecule has 0 atom stereocenters. The Morgan fingerprint density at radius 1 is 1.21 bits per heavy atom. The third-order valence-electron chi connectivity index (χ3n) is 2.85. The lowest BCUT2D eigenvalue weighted by Gasteiger charge is -2.13. The number of hydrogen-bond acceptors (Lipinski definition) is 3. The summed E-state index contributed by atoms with van der Waals surface area (Å²) in [4.78, 5) is 11.0. The van der Waals surface area contributed by atoms with Crippen molar-refractivity contribution < 1.29 is 14.6 Å². The van der Waals surface area contributed by atoms with Gasteiger partial charge in [0.1, 0.15) is 12.4 Å². The normalized spacial score (nSPS) is 10.2. The van der Waals surface area contributed by atoms with Crippen molar-refractivity contribution in [3.63, 3.8) is 0 Å². The van der Waals surface area contributed by atoms with Crippen molar-refractivity contribution in [2.24, 2.45) is 0 Å². The fraction of sp³-hybridized carbons (Fsp3) is 0.133. The molecule has 4 nitrogen and oxygen atoms in total. The summed E-state index contributed by atoms with van der Waals surface area (Å²) in [5, 5.41) is 9.03. The molecule has 0 fully saturated rings. The average molecular weight is 257 g/mol. The Morgan fingerprint density at radius 3 is 2.53 bits per heavy atom. The van der Waals surface area contributed by atoms with Crippen LogP contribution in [0.5, 0.6) is 5.75 Å². The molecule has 0 aromatic heterocycles. The molecule has 4 heteroatoms. The molecule has 0 heterocycles. The Hall–Kier alpha value is -2.49. The molecule has 0 unspecified atom stereocenters. The number of carboxylic acid groups (broad SMARTS) is 1. The number of ether oxygens (including phenoxy) is 1. The smallest absolute Gasteiger partial charge is 0.337 e. The Balaban J connectivity index is 2.25. The Labute approximate surface area is 111 Å². The largest absolute Gasteiger partial charge is 0.486 e. The zero-order valence-corrected chi connectivity index (χ0v) is 10.6. The van der Waals surface area contributed by atoms with E-state index >= 15 is 0 Å². The van der Waals surface area contributed by atoms with Crippen molar-refractivity contribution in [2.45, 2.75) is 13.5 Å². The van der Waals surface area contributed by atoms with E-state index in [4.69, 9.17) is 15.6 Å². The predicted molar refractivity (Wildman–Crippen MR) is 73.3 cm³/mol. The summed E-state index contributed by atoms with van der Waals surface area (Å²) in [6, 6.07) is 12.8. The van der Waals surface area contributed by atoms with Gasteiger partial charge in [-0.05, 0) is 24.1 Å². The van der Waals surface area contributed by atoms with E-state index in [0.717, 1.165) is 11.1 Å². The Morgan fingerprint density at radius 2 is 1.89 bits per heavy atom. The maximum Gasteiger partial charge on any atom is 0.337 e. The standard InChI is InChI=1S/C15H15NO3/c1-10-7-8-12(15(17)18)13(16)14(10)19-9-11-5-3-2-4-6-11/h2-8H,9,16H2,1H3,(H,17,18). The SMILES string of the molecule is Cc1ccc(C(=O)O)c(N)c1OCc1ccccc1. The van der Waals surface area contributed by atoms with E-state index in [1.165, 1.54) is 6.07 Å². The molecule has 0 aliphatic heterocycles. The average Bonchev–Trinajstić information content (AvgIpc) is 2.39. The first-order valence-electron chi connectivity index (χ1n) is 5.88. The Kier molecular flexibility index (Phi) is 3.71. The van der Waals surface area contributed by atoms with Gasteiger partial charge in [0, 0.05) is 0 Å². The minimum atomic E-state index is -1.05. The summed E-state index contributed by atoms with van der Waals surface area (Å²) < 4.78 is 5.66. The van der Waals surface area contributed by atoms with E-state index in [-0.39, 0.29) is 11.3 Å². The molecule has 2 aromatic rings. The molecule has 3 N–H and O–H groups in total. The van der Waals surface area contributed by atoms with E-state index in [1.807, 2.05) is 37.3 Å². The number of nitrogens with two attached hydrogens (primary N) is 1. The summed E-state index contributed by atoms with van der Waals surface area (Å²) >= 11 is 0. The van der Waals surface area contributed by atoms with Crippen molar-refractivity contribution >= 4 is 11.7 Å². The van der Waals surface area contributed by atoms with Crippen LogP contribution in [0.25, 0.3) is 0 Å². The van der Waals surface area contributed by atoms with Gasteiger partial charge in [-0.1, -0.05) is 36.4 Å². The lowest BCUT2D eigenvalue weighted by atomic mass is 10.1. The van der Waals surface area contributed by atoms with Gasteiger partial charge in [0.2, 0.25) is 0 Å². The van der Waals surface area contributed by atoms with Crippen molar-refractivity contribution in [3.8, 4) is 5.75 Å². The molecule has 0 saturated carbocycles. The van der Waals surface area contributed by atoms with Gasteiger partial charge in [-0.25, -0.2) is 4.79 Å². The van der Waals surface area contributed by atoms with Crippen LogP contribution >= 0.6 is 0 Å². The second-order valence-electron chi connectivity index (χ2n) is 4.25. The van der Waals surface area contributed by atoms with Gasteiger partial charge in [0.15, 0.2) is 0 Å². The van der Waals surface area contributed by atoms with Crippen LogP contribution in [0.15, 0.2) is 42.5 Å². The first-order chi connectivity index (χ1) is 9.09. The lowest BCUT2D eigenvalue weighted by Crippen LogP contribution is -2.07. The number of carboxylic acids is 1. The van der Waals surface area contributed by atoms with Crippen LogP contribution in [0.3, 0.4) is 0 Å². The van der Waals surface area contributed by atoms with Gasteiger partial charge in [-0.2, -0.15) is 0 Å². The number of aromatic carboxylic acids is 1. The molecule has 2 rings (SSSR count). The fourth-order valence-corrected chi connectivity index (χ4v) is 1.82. The fourth-order valence-electron chi connectivity index (χ4n) is 1.82. The maximum atomic E-state index is 11.0. The molecule has 19 heavy (non-hydrogen) atoms. The molecule has 0 amide bonds. The number of anilines is 1. The van der Waals surface area contributed by atoms with Crippen LogP contribution in [0.2, 0.25) is 0 Å². The number of hydrogen-bond donors (Lipinski definition) is 2. The van der Waals surface area contributed by atoms with Gasteiger partial charge >= 0.3 is 5.97 Å². The third kappa shape index (κ3) is 2.85. The topological polar surface area (TPSA) is 72.5 Å². The van der Waals surface area contributed by atoms with Gasteiger partial charge in [-0.3, -0.25) is 0 Å². The molecule has 0 aliphatic rings. The van der Waals surface area contributed by atoms with E-state index < -0.39 is 5.97 Å². The molecular weight excluding hydrogens is 242 g/mol. The first kappa shape index (κ1) is 13.0. The number of carbonyl (C=O) groups is 1. The monoisotopic (exact) mass is 257 g/mol. The summed E-state index contributed by atoms with van der Waals surface area (Å²) in [5.41, 5.74) is 7.90. The summed E-state index contributed by atoms with van der Waals surface area (Å²) in [5.74, 6) is -0.620. The molecule has 2 aromatic carbocycles. The molecule has 0 saturated heterocycles. The minimum Gasteiger partial charge on any atom is -0.486 e. The van der Waals surface area contributed by atoms with Crippen LogP contribution in [-0.2, 0) is 6.61 Å². The first-order valence-corrected chi connectivity index (χ1v) is 5.88. The van der Waals surface area contributed by atoms with Crippen molar-refractivity contribution in [3.05, 3.63) is 59.2 Å².